The summed E-state index contributed by atoms with van der Waals surface area (Å²) in [7, 11) is 1.75. The second-order valence-corrected chi connectivity index (χ2v) is 6.54. The second kappa shape index (κ2) is 10.6. The predicted molar refractivity (Wildman–Crippen MR) is 107 cm³/mol. The fourth-order valence-electron chi connectivity index (χ4n) is 2.63. The molecule has 2 aromatic carbocycles. The van der Waals surface area contributed by atoms with E-state index in [0.717, 1.165) is 5.56 Å². The van der Waals surface area contributed by atoms with Crippen molar-refractivity contribution in [3.63, 3.8) is 0 Å². The summed E-state index contributed by atoms with van der Waals surface area (Å²) in [5.41, 5.74) is 1.41. The Bertz CT molecular complexity index is 780. The van der Waals surface area contributed by atoms with Gasteiger partial charge in [-0.1, -0.05) is 41.9 Å². The lowest BCUT2D eigenvalue weighted by Gasteiger charge is -2.18. The van der Waals surface area contributed by atoms with Crippen LogP contribution in [0.2, 0.25) is 5.02 Å². The first kappa shape index (κ1) is 20.8. The zero-order valence-electron chi connectivity index (χ0n) is 15.7. The molecule has 2 aromatic rings. The zero-order chi connectivity index (χ0) is 19.6. The molecule has 0 aromatic heterocycles. The van der Waals surface area contributed by atoms with Crippen molar-refractivity contribution in [3.05, 3.63) is 64.7 Å². The Kier molecular flexibility index (Phi) is 8.14. The van der Waals surface area contributed by atoms with Crippen molar-refractivity contribution in [2.75, 3.05) is 20.2 Å². The standard InChI is InChI=1S/C21H25ClN2O3/c1-3-27-19-12-7-5-10-17(19)21(26)23-14-8-13-20(25)24(2)15-16-9-4-6-11-18(16)22/h4-7,9-12H,3,8,13-15H2,1-2H3,(H,23,26). The number of benzene rings is 2. The lowest BCUT2D eigenvalue weighted by molar-refractivity contribution is -0.130. The van der Waals surface area contributed by atoms with Gasteiger partial charge in [0.05, 0.1) is 12.2 Å². The number of ether oxygens (including phenoxy) is 1. The predicted octanol–water partition coefficient (Wildman–Crippen LogP) is 3.91. The summed E-state index contributed by atoms with van der Waals surface area (Å²) < 4.78 is 5.47. The number of para-hydroxylation sites is 1. The number of halogens is 1. The minimum Gasteiger partial charge on any atom is -0.493 e. The Morgan fingerprint density at radius 2 is 1.81 bits per heavy atom. The Hall–Kier alpha value is -2.53. The molecule has 0 atom stereocenters. The third-order valence-electron chi connectivity index (χ3n) is 4.08. The van der Waals surface area contributed by atoms with Gasteiger partial charge in [-0.05, 0) is 37.1 Å². The van der Waals surface area contributed by atoms with Crippen molar-refractivity contribution in [1.82, 2.24) is 10.2 Å². The summed E-state index contributed by atoms with van der Waals surface area (Å²) >= 11 is 6.13. The molecule has 0 aliphatic heterocycles. The van der Waals surface area contributed by atoms with Gasteiger partial charge in [0.25, 0.3) is 5.91 Å². The third-order valence-corrected chi connectivity index (χ3v) is 4.44. The molecule has 1 N–H and O–H groups in total. The van der Waals surface area contributed by atoms with E-state index >= 15 is 0 Å². The molecule has 2 amide bonds. The van der Waals surface area contributed by atoms with Crippen LogP contribution in [0.4, 0.5) is 0 Å². The lowest BCUT2D eigenvalue weighted by atomic mass is 10.2. The smallest absolute Gasteiger partial charge is 0.255 e. The van der Waals surface area contributed by atoms with Gasteiger partial charge in [0.2, 0.25) is 5.91 Å². The van der Waals surface area contributed by atoms with Gasteiger partial charge in [0.1, 0.15) is 5.75 Å². The van der Waals surface area contributed by atoms with Crippen molar-refractivity contribution in [3.8, 4) is 5.75 Å². The second-order valence-electron chi connectivity index (χ2n) is 6.13. The first-order valence-electron chi connectivity index (χ1n) is 9.00. The van der Waals surface area contributed by atoms with Gasteiger partial charge in [-0.15, -0.1) is 0 Å². The molecular formula is C21H25ClN2O3. The van der Waals surface area contributed by atoms with Crippen LogP contribution in [0.5, 0.6) is 5.75 Å². The number of rotatable bonds is 9. The number of carbonyl (C=O) groups is 2. The highest BCUT2D eigenvalue weighted by molar-refractivity contribution is 6.31. The molecule has 27 heavy (non-hydrogen) atoms. The molecule has 2 rings (SSSR count). The highest BCUT2D eigenvalue weighted by atomic mass is 35.5. The average molecular weight is 389 g/mol. The largest absolute Gasteiger partial charge is 0.493 e. The highest BCUT2D eigenvalue weighted by Gasteiger charge is 2.13. The van der Waals surface area contributed by atoms with Crippen LogP contribution in [-0.4, -0.2) is 36.9 Å². The molecule has 0 radical (unpaired) electrons. The van der Waals surface area contributed by atoms with E-state index in [2.05, 4.69) is 5.32 Å². The summed E-state index contributed by atoms with van der Waals surface area (Å²) in [4.78, 5) is 26.2. The van der Waals surface area contributed by atoms with E-state index in [1.165, 1.54) is 0 Å². The summed E-state index contributed by atoms with van der Waals surface area (Å²) in [6.45, 7) is 3.26. The third kappa shape index (κ3) is 6.29. The number of nitrogens with zero attached hydrogens (tertiary/aromatic N) is 1. The molecule has 5 nitrogen and oxygen atoms in total. The van der Waals surface area contributed by atoms with Crippen LogP contribution in [0.3, 0.4) is 0 Å². The van der Waals surface area contributed by atoms with Crippen molar-refractivity contribution in [1.29, 1.82) is 0 Å². The molecular weight excluding hydrogens is 364 g/mol. The average Bonchev–Trinajstić information content (AvgIpc) is 2.67. The Balaban J connectivity index is 1.77. The van der Waals surface area contributed by atoms with E-state index in [-0.39, 0.29) is 11.8 Å². The number of carbonyl (C=O) groups excluding carboxylic acids is 2. The van der Waals surface area contributed by atoms with Crippen LogP contribution >= 0.6 is 11.6 Å². The van der Waals surface area contributed by atoms with Gasteiger partial charge in [-0.25, -0.2) is 0 Å². The Morgan fingerprint density at radius 3 is 2.56 bits per heavy atom. The maximum absolute atomic E-state index is 12.3. The fraction of sp³-hybridized carbons (Fsp3) is 0.333. The van der Waals surface area contributed by atoms with E-state index < -0.39 is 0 Å². The molecule has 0 bridgehead atoms. The van der Waals surface area contributed by atoms with E-state index in [4.69, 9.17) is 16.3 Å². The summed E-state index contributed by atoms with van der Waals surface area (Å²) in [6, 6.07) is 14.6. The first-order valence-corrected chi connectivity index (χ1v) is 9.38. The van der Waals surface area contributed by atoms with Crippen molar-refractivity contribution >= 4 is 23.4 Å². The molecule has 0 saturated carbocycles. The molecule has 144 valence electrons. The number of hydrogen-bond acceptors (Lipinski definition) is 3. The van der Waals surface area contributed by atoms with Crippen LogP contribution in [-0.2, 0) is 11.3 Å². The molecule has 0 fully saturated rings. The highest BCUT2D eigenvalue weighted by Crippen LogP contribution is 2.18. The van der Waals surface area contributed by atoms with Crippen molar-refractivity contribution in [2.24, 2.45) is 0 Å². The first-order chi connectivity index (χ1) is 13.0. The number of nitrogens with one attached hydrogen (secondary N) is 1. The molecule has 0 spiro atoms. The summed E-state index contributed by atoms with van der Waals surface area (Å²) in [6.07, 6.45) is 0.919. The maximum atomic E-state index is 12.3. The van der Waals surface area contributed by atoms with Gasteiger partial charge in [-0.2, -0.15) is 0 Å². The maximum Gasteiger partial charge on any atom is 0.255 e. The molecule has 0 aliphatic rings. The molecule has 0 saturated heterocycles. The Morgan fingerprint density at radius 1 is 1.11 bits per heavy atom. The van der Waals surface area contributed by atoms with Crippen molar-refractivity contribution < 1.29 is 14.3 Å². The topological polar surface area (TPSA) is 58.6 Å². The minimum absolute atomic E-state index is 0.0129. The quantitative estimate of drug-likeness (QED) is 0.662. The van der Waals surface area contributed by atoms with E-state index in [0.29, 0.717) is 48.9 Å². The number of hydrogen-bond donors (Lipinski definition) is 1. The number of amides is 2. The van der Waals surface area contributed by atoms with Crippen LogP contribution in [0.1, 0.15) is 35.7 Å². The SMILES string of the molecule is CCOc1ccccc1C(=O)NCCCC(=O)N(C)Cc1ccccc1Cl. The van der Waals surface area contributed by atoms with Gasteiger partial charge < -0.3 is 15.0 Å². The van der Waals surface area contributed by atoms with E-state index in [1.54, 1.807) is 30.1 Å². The monoisotopic (exact) mass is 388 g/mol. The van der Waals surface area contributed by atoms with Crippen LogP contribution in [0.15, 0.2) is 48.5 Å². The molecule has 6 heteroatoms. The Labute approximate surface area is 165 Å². The van der Waals surface area contributed by atoms with Crippen molar-refractivity contribution in [2.45, 2.75) is 26.3 Å². The lowest BCUT2D eigenvalue weighted by Crippen LogP contribution is -2.29. The van der Waals surface area contributed by atoms with Crippen LogP contribution in [0, 0.1) is 0 Å². The molecule has 0 unspecified atom stereocenters. The van der Waals surface area contributed by atoms with Gasteiger partial charge in [0.15, 0.2) is 0 Å². The minimum atomic E-state index is -0.198. The van der Waals surface area contributed by atoms with E-state index in [9.17, 15) is 9.59 Å². The van der Waals surface area contributed by atoms with Gasteiger partial charge in [0, 0.05) is 31.6 Å². The summed E-state index contributed by atoms with van der Waals surface area (Å²) in [5, 5.41) is 3.49. The molecule has 0 aliphatic carbocycles. The zero-order valence-corrected chi connectivity index (χ0v) is 16.5. The summed E-state index contributed by atoms with van der Waals surface area (Å²) in [5.74, 6) is 0.378. The molecule has 0 heterocycles. The normalized spacial score (nSPS) is 10.3. The van der Waals surface area contributed by atoms with Gasteiger partial charge in [-0.3, -0.25) is 9.59 Å². The van der Waals surface area contributed by atoms with Crippen LogP contribution in [0.25, 0.3) is 0 Å². The fourth-order valence-corrected chi connectivity index (χ4v) is 2.83. The van der Waals surface area contributed by atoms with Crippen LogP contribution < -0.4 is 10.1 Å². The van der Waals surface area contributed by atoms with E-state index in [1.807, 2.05) is 37.3 Å². The van der Waals surface area contributed by atoms with Gasteiger partial charge >= 0.3 is 0 Å².